The molecule has 0 saturated carbocycles. The first kappa shape index (κ1) is 13.3. The van der Waals surface area contributed by atoms with E-state index in [1.165, 1.54) is 0 Å². The Hall–Kier alpha value is -2.14. The van der Waals surface area contributed by atoms with Crippen molar-refractivity contribution in [2.45, 2.75) is 6.92 Å². The Morgan fingerprint density at radius 1 is 1.42 bits per heavy atom. The number of nitrogens with zero attached hydrogens (tertiary/aromatic N) is 3. The molecule has 2 aromatic rings. The van der Waals surface area contributed by atoms with E-state index in [9.17, 15) is 0 Å². The van der Waals surface area contributed by atoms with E-state index in [2.05, 4.69) is 32.4 Å². The van der Waals surface area contributed by atoms with Crippen molar-refractivity contribution in [2.24, 2.45) is 0 Å². The van der Waals surface area contributed by atoms with Crippen LogP contribution in [0.1, 0.15) is 5.56 Å². The van der Waals surface area contributed by atoms with Crippen molar-refractivity contribution in [1.82, 2.24) is 15.2 Å². The average Bonchev–Trinajstić information content (AvgIpc) is 2.41. The normalized spacial score (nSPS) is 10.0. The lowest BCUT2D eigenvalue weighted by atomic mass is 10.2. The highest BCUT2D eigenvalue weighted by Gasteiger charge is 2.02. The summed E-state index contributed by atoms with van der Waals surface area (Å²) in [6.45, 7) is 6.20. The predicted molar refractivity (Wildman–Crippen MR) is 78.0 cm³/mol. The monoisotopic (exact) mass is 275 g/mol. The number of halogens is 1. The maximum Gasteiger partial charge on any atom is 0.249 e. The highest BCUT2D eigenvalue weighted by molar-refractivity contribution is 6.31. The molecular formula is C13H14ClN5. The molecule has 0 aliphatic carbocycles. The van der Waals surface area contributed by atoms with Gasteiger partial charge in [-0.1, -0.05) is 23.7 Å². The number of anilines is 3. The van der Waals surface area contributed by atoms with Gasteiger partial charge in [0.15, 0.2) is 5.82 Å². The van der Waals surface area contributed by atoms with E-state index in [1.54, 1.807) is 12.3 Å². The lowest BCUT2D eigenvalue weighted by Gasteiger charge is -2.07. The molecule has 0 unspecified atom stereocenters. The molecule has 0 fully saturated rings. The van der Waals surface area contributed by atoms with Crippen LogP contribution in [0.5, 0.6) is 0 Å². The summed E-state index contributed by atoms with van der Waals surface area (Å²) < 4.78 is 0. The molecule has 2 N–H and O–H groups in total. The minimum absolute atomic E-state index is 0.411. The Kier molecular flexibility index (Phi) is 4.30. The maximum atomic E-state index is 6.06. The summed E-state index contributed by atoms with van der Waals surface area (Å²) in [5.74, 6) is 1.05. The van der Waals surface area contributed by atoms with Crippen LogP contribution in [0.4, 0.5) is 17.5 Å². The van der Waals surface area contributed by atoms with Gasteiger partial charge in [-0.2, -0.15) is 10.1 Å². The van der Waals surface area contributed by atoms with Crippen LogP contribution in [0.25, 0.3) is 0 Å². The molecule has 0 atom stereocenters. The number of hydrogen-bond donors (Lipinski definition) is 2. The average molecular weight is 276 g/mol. The zero-order valence-electron chi connectivity index (χ0n) is 10.5. The molecular weight excluding hydrogens is 262 g/mol. The summed E-state index contributed by atoms with van der Waals surface area (Å²) in [4.78, 5) is 4.27. The zero-order chi connectivity index (χ0) is 13.7. The van der Waals surface area contributed by atoms with Gasteiger partial charge in [0.25, 0.3) is 0 Å². The molecule has 6 heteroatoms. The van der Waals surface area contributed by atoms with Crippen molar-refractivity contribution in [2.75, 3.05) is 17.2 Å². The van der Waals surface area contributed by atoms with Crippen LogP contribution < -0.4 is 10.6 Å². The van der Waals surface area contributed by atoms with Crippen LogP contribution >= 0.6 is 11.6 Å². The fraction of sp³-hybridized carbons (Fsp3) is 0.154. The Morgan fingerprint density at radius 2 is 2.26 bits per heavy atom. The Labute approximate surface area is 116 Å². The van der Waals surface area contributed by atoms with Crippen LogP contribution in [0, 0.1) is 6.92 Å². The largest absolute Gasteiger partial charge is 0.365 e. The van der Waals surface area contributed by atoms with E-state index in [1.807, 2.05) is 25.1 Å². The molecule has 1 aromatic carbocycles. The van der Waals surface area contributed by atoms with Gasteiger partial charge in [0.2, 0.25) is 5.95 Å². The fourth-order valence-corrected chi connectivity index (χ4v) is 1.60. The van der Waals surface area contributed by atoms with Gasteiger partial charge in [0.05, 0.1) is 6.20 Å². The number of nitrogens with one attached hydrogen (secondary N) is 2. The summed E-state index contributed by atoms with van der Waals surface area (Å²) in [7, 11) is 0. The molecule has 5 nitrogen and oxygen atoms in total. The molecule has 0 bridgehead atoms. The standard InChI is InChI=1S/C13H14ClN5/c1-3-6-15-12-8-16-19-13(18-12)17-10-5-4-9(2)11(14)7-10/h3-5,7-8H,1,6H2,2H3,(H2,15,17,18,19). The second-order valence-corrected chi connectivity index (χ2v) is 4.33. The summed E-state index contributed by atoms with van der Waals surface area (Å²) >= 11 is 6.06. The quantitative estimate of drug-likeness (QED) is 0.821. The van der Waals surface area contributed by atoms with E-state index in [0.29, 0.717) is 23.3 Å². The minimum Gasteiger partial charge on any atom is -0.365 e. The lowest BCUT2D eigenvalue weighted by Crippen LogP contribution is -2.05. The third-order valence-corrected chi connectivity index (χ3v) is 2.82. The Balaban J connectivity index is 2.13. The van der Waals surface area contributed by atoms with Crippen LogP contribution in [-0.4, -0.2) is 21.7 Å². The lowest BCUT2D eigenvalue weighted by molar-refractivity contribution is 0.976. The maximum absolute atomic E-state index is 6.06. The highest BCUT2D eigenvalue weighted by atomic mass is 35.5. The summed E-state index contributed by atoms with van der Waals surface area (Å²) in [5, 5.41) is 14.6. The topological polar surface area (TPSA) is 62.7 Å². The third-order valence-electron chi connectivity index (χ3n) is 2.41. The first-order valence-electron chi connectivity index (χ1n) is 5.76. The van der Waals surface area contributed by atoms with Gasteiger partial charge in [-0.15, -0.1) is 11.7 Å². The van der Waals surface area contributed by atoms with E-state index >= 15 is 0 Å². The Morgan fingerprint density at radius 3 is 3.00 bits per heavy atom. The molecule has 0 aliphatic heterocycles. The van der Waals surface area contributed by atoms with Gasteiger partial charge in [-0.25, -0.2) is 0 Å². The van der Waals surface area contributed by atoms with Gasteiger partial charge in [0, 0.05) is 17.3 Å². The molecule has 0 saturated heterocycles. The summed E-state index contributed by atoms with van der Waals surface area (Å²) in [5.41, 5.74) is 1.84. The van der Waals surface area contributed by atoms with Crippen LogP contribution in [0.15, 0.2) is 37.1 Å². The fourth-order valence-electron chi connectivity index (χ4n) is 1.42. The third kappa shape index (κ3) is 3.66. The van der Waals surface area contributed by atoms with Gasteiger partial charge < -0.3 is 10.6 Å². The number of aromatic nitrogens is 3. The Bertz CT molecular complexity index is 585. The van der Waals surface area contributed by atoms with Crippen molar-refractivity contribution in [3.05, 3.63) is 47.6 Å². The van der Waals surface area contributed by atoms with Crippen molar-refractivity contribution in [3.63, 3.8) is 0 Å². The van der Waals surface area contributed by atoms with E-state index in [0.717, 1.165) is 11.3 Å². The van der Waals surface area contributed by atoms with E-state index in [-0.39, 0.29) is 0 Å². The highest BCUT2D eigenvalue weighted by Crippen LogP contribution is 2.21. The molecule has 0 amide bonds. The number of aryl methyl sites for hydroxylation is 1. The van der Waals surface area contributed by atoms with Gasteiger partial charge in [0.1, 0.15) is 0 Å². The molecule has 19 heavy (non-hydrogen) atoms. The molecule has 1 aromatic heterocycles. The van der Waals surface area contributed by atoms with Gasteiger partial charge in [-0.3, -0.25) is 0 Å². The van der Waals surface area contributed by atoms with Crippen LogP contribution in [0.3, 0.4) is 0 Å². The molecule has 0 spiro atoms. The van der Waals surface area contributed by atoms with Crippen molar-refractivity contribution >= 4 is 29.1 Å². The van der Waals surface area contributed by atoms with Crippen molar-refractivity contribution < 1.29 is 0 Å². The molecule has 0 radical (unpaired) electrons. The second-order valence-electron chi connectivity index (χ2n) is 3.92. The van der Waals surface area contributed by atoms with E-state index < -0.39 is 0 Å². The first-order chi connectivity index (χ1) is 9.19. The molecule has 0 aliphatic rings. The zero-order valence-corrected chi connectivity index (χ0v) is 11.3. The molecule has 1 heterocycles. The van der Waals surface area contributed by atoms with Crippen molar-refractivity contribution in [1.29, 1.82) is 0 Å². The van der Waals surface area contributed by atoms with Crippen LogP contribution in [-0.2, 0) is 0 Å². The van der Waals surface area contributed by atoms with Crippen LogP contribution in [0.2, 0.25) is 5.02 Å². The summed E-state index contributed by atoms with van der Waals surface area (Å²) in [6, 6.07) is 5.66. The van der Waals surface area contributed by atoms with Gasteiger partial charge in [-0.05, 0) is 24.6 Å². The van der Waals surface area contributed by atoms with Gasteiger partial charge >= 0.3 is 0 Å². The predicted octanol–water partition coefficient (Wildman–Crippen LogP) is 3.17. The number of hydrogen-bond acceptors (Lipinski definition) is 5. The SMILES string of the molecule is C=CCNc1cnnc(Nc2ccc(C)c(Cl)c2)n1. The number of benzene rings is 1. The number of rotatable bonds is 5. The minimum atomic E-state index is 0.411. The van der Waals surface area contributed by atoms with Crippen molar-refractivity contribution in [3.8, 4) is 0 Å². The summed E-state index contributed by atoms with van der Waals surface area (Å²) in [6.07, 6.45) is 3.30. The second kappa shape index (κ2) is 6.15. The molecule has 98 valence electrons. The molecule has 2 rings (SSSR count). The first-order valence-corrected chi connectivity index (χ1v) is 6.14. The smallest absolute Gasteiger partial charge is 0.249 e. The van der Waals surface area contributed by atoms with E-state index in [4.69, 9.17) is 11.6 Å².